The lowest BCUT2D eigenvalue weighted by Gasteiger charge is -2.24. The Bertz CT molecular complexity index is 1340. The predicted molar refractivity (Wildman–Crippen MR) is 151 cm³/mol. The molecule has 4 aromatic rings. The first-order valence-corrected chi connectivity index (χ1v) is 13.9. The Morgan fingerprint density at radius 2 is 1.70 bits per heavy atom. The summed E-state index contributed by atoms with van der Waals surface area (Å²) in [5.41, 5.74) is 4.95. The van der Waals surface area contributed by atoms with Crippen LogP contribution in [0.1, 0.15) is 75.0 Å². The maximum absolute atomic E-state index is 13.4. The first kappa shape index (κ1) is 25.1. The van der Waals surface area contributed by atoms with Crippen LogP contribution in [0.5, 0.6) is 11.5 Å². The van der Waals surface area contributed by atoms with Gasteiger partial charge in [0.15, 0.2) is 0 Å². The van der Waals surface area contributed by atoms with E-state index in [1.165, 1.54) is 41.3 Å². The molecule has 4 heteroatoms. The number of aryl methyl sites for hydroxylation is 2. The van der Waals surface area contributed by atoms with Crippen LogP contribution in [-0.4, -0.2) is 16.5 Å². The van der Waals surface area contributed by atoms with Gasteiger partial charge in [-0.25, -0.2) is 0 Å². The summed E-state index contributed by atoms with van der Waals surface area (Å²) in [6, 6.07) is 25.0. The highest BCUT2D eigenvalue weighted by Crippen LogP contribution is 2.38. The summed E-state index contributed by atoms with van der Waals surface area (Å²) in [5, 5.41) is 4.60. The van der Waals surface area contributed by atoms with Gasteiger partial charge in [-0.3, -0.25) is 4.79 Å². The third kappa shape index (κ3) is 5.74. The summed E-state index contributed by atoms with van der Waals surface area (Å²) in [4.78, 5) is 13.4. The van der Waals surface area contributed by atoms with Crippen molar-refractivity contribution in [1.82, 2.24) is 9.88 Å². The number of hydrogen-bond acceptors (Lipinski definition) is 2. The fraction of sp³-hybridized carbons (Fsp3) is 0.364. The van der Waals surface area contributed by atoms with Gasteiger partial charge in [0.05, 0.1) is 5.52 Å². The standard InChI is InChI=1S/C33H38N2O2/c1-3-24-13-12-20-29-31(23-35(4-2)33(24)29)30(22-32(36)34-26-15-7-5-8-16-26)25-14-11-19-28(21-25)37-27-17-9-6-10-18-27/h6,9-14,17-21,23,26,30H,3-5,7-8,15-16,22H2,1-2H3,(H,34,36). The molecule has 3 aromatic carbocycles. The largest absolute Gasteiger partial charge is 0.457 e. The monoisotopic (exact) mass is 494 g/mol. The quantitative estimate of drug-likeness (QED) is 0.256. The van der Waals surface area contributed by atoms with Crippen molar-refractivity contribution in [2.75, 3.05) is 0 Å². The van der Waals surface area contributed by atoms with Crippen molar-refractivity contribution in [2.24, 2.45) is 0 Å². The number of nitrogens with zero attached hydrogens (tertiary/aromatic N) is 1. The van der Waals surface area contributed by atoms with Crippen molar-refractivity contribution in [3.8, 4) is 11.5 Å². The topological polar surface area (TPSA) is 43.3 Å². The zero-order valence-electron chi connectivity index (χ0n) is 22.1. The molecule has 0 radical (unpaired) electrons. The normalized spacial score (nSPS) is 15.0. The third-order valence-corrected chi connectivity index (χ3v) is 7.71. The molecule has 5 rings (SSSR count). The van der Waals surface area contributed by atoms with Gasteiger partial charge in [-0.1, -0.05) is 74.7 Å². The number of hydrogen-bond donors (Lipinski definition) is 1. The molecule has 192 valence electrons. The van der Waals surface area contributed by atoms with Crippen LogP contribution in [0.15, 0.2) is 79.0 Å². The molecule has 1 atom stereocenters. The first-order valence-electron chi connectivity index (χ1n) is 13.9. The van der Waals surface area contributed by atoms with E-state index in [1.807, 2.05) is 42.5 Å². The van der Waals surface area contributed by atoms with Gasteiger partial charge in [-0.05, 0) is 67.1 Å². The van der Waals surface area contributed by atoms with Crippen LogP contribution >= 0.6 is 0 Å². The van der Waals surface area contributed by atoms with Crippen molar-refractivity contribution in [3.05, 3.63) is 95.7 Å². The van der Waals surface area contributed by atoms with Crippen LogP contribution in [0, 0.1) is 0 Å². The Labute approximate surface area is 220 Å². The minimum atomic E-state index is -0.0645. The smallest absolute Gasteiger partial charge is 0.221 e. The van der Waals surface area contributed by atoms with Gasteiger partial charge in [0.2, 0.25) is 5.91 Å². The Balaban J connectivity index is 1.53. The van der Waals surface area contributed by atoms with Gasteiger partial charge < -0.3 is 14.6 Å². The van der Waals surface area contributed by atoms with Crippen LogP contribution in [0.25, 0.3) is 10.9 Å². The lowest BCUT2D eigenvalue weighted by Crippen LogP contribution is -2.36. The number of fused-ring (bicyclic) bond motifs is 1. The number of benzene rings is 3. The number of carbonyl (C=O) groups excluding carboxylic acids is 1. The molecule has 1 aromatic heterocycles. The Morgan fingerprint density at radius 1 is 0.946 bits per heavy atom. The average molecular weight is 495 g/mol. The summed E-state index contributed by atoms with van der Waals surface area (Å²) >= 11 is 0. The number of para-hydroxylation sites is 2. The molecule has 0 spiro atoms. The SMILES string of the molecule is CCc1cccc2c(C(CC(=O)NC3CCCCC3)c3cccc(Oc4ccccc4)c3)cn(CC)c12. The molecule has 1 fully saturated rings. The zero-order chi connectivity index (χ0) is 25.6. The molecular formula is C33H38N2O2. The number of nitrogens with one attached hydrogen (secondary N) is 1. The molecule has 1 amide bonds. The molecule has 1 unspecified atom stereocenters. The molecule has 1 aliphatic rings. The molecule has 1 saturated carbocycles. The van der Waals surface area contributed by atoms with Gasteiger partial charge in [-0.15, -0.1) is 0 Å². The molecule has 4 nitrogen and oxygen atoms in total. The van der Waals surface area contributed by atoms with E-state index in [0.29, 0.717) is 12.5 Å². The van der Waals surface area contributed by atoms with Crippen LogP contribution in [0.3, 0.4) is 0 Å². The molecule has 1 aliphatic carbocycles. The lowest BCUT2D eigenvalue weighted by atomic mass is 9.87. The summed E-state index contributed by atoms with van der Waals surface area (Å²) in [6.07, 6.45) is 9.54. The van der Waals surface area contributed by atoms with Crippen molar-refractivity contribution in [3.63, 3.8) is 0 Å². The van der Waals surface area contributed by atoms with Gasteiger partial charge in [-0.2, -0.15) is 0 Å². The van der Waals surface area contributed by atoms with Crippen molar-refractivity contribution in [1.29, 1.82) is 0 Å². The summed E-state index contributed by atoms with van der Waals surface area (Å²) in [5.74, 6) is 1.66. The van der Waals surface area contributed by atoms with Crippen LogP contribution in [0.2, 0.25) is 0 Å². The van der Waals surface area contributed by atoms with Crippen LogP contribution in [0.4, 0.5) is 0 Å². The van der Waals surface area contributed by atoms with Gasteiger partial charge in [0, 0.05) is 36.5 Å². The molecule has 0 saturated heterocycles. The Morgan fingerprint density at radius 3 is 2.46 bits per heavy atom. The summed E-state index contributed by atoms with van der Waals surface area (Å²) in [6.45, 7) is 5.29. The Hall–Kier alpha value is -3.53. The van der Waals surface area contributed by atoms with E-state index in [-0.39, 0.29) is 11.8 Å². The van der Waals surface area contributed by atoms with Gasteiger partial charge >= 0.3 is 0 Å². The number of rotatable bonds is 9. The molecular weight excluding hydrogens is 456 g/mol. The minimum absolute atomic E-state index is 0.0645. The van der Waals surface area contributed by atoms with E-state index in [2.05, 4.69) is 60.3 Å². The van der Waals surface area contributed by atoms with E-state index < -0.39 is 0 Å². The number of ether oxygens (including phenoxy) is 1. The molecule has 0 aliphatic heterocycles. The zero-order valence-corrected chi connectivity index (χ0v) is 22.1. The fourth-order valence-corrected chi connectivity index (χ4v) is 5.82. The van der Waals surface area contributed by atoms with Crippen molar-refractivity contribution < 1.29 is 9.53 Å². The lowest BCUT2D eigenvalue weighted by molar-refractivity contribution is -0.122. The third-order valence-electron chi connectivity index (χ3n) is 7.71. The second-order valence-electron chi connectivity index (χ2n) is 10.2. The second-order valence-corrected chi connectivity index (χ2v) is 10.2. The molecule has 1 heterocycles. The maximum Gasteiger partial charge on any atom is 0.221 e. The van der Waals surface area contributed by atoms with Crippen molar-refractivity contribution in [2.45, 2.75) is 77.3 Å². The van der Waals surface area contributed by atoms with Crippen molar-refractivity contribution >= 4 is 16.8 Å². The highest BCUT2D eigenvalue weighted by atomic mass is 16.5. The predicted octanol–water partition coefficient (Wildman–Crippen LogP) is 7.99. The fourth-order valence-electron chi connectivity index (χ4n) is 5.82. The van der Waals surface area contributed by atoms with E-state index in [1.54, 1.807) is 0 Å². The van der Waals surface area contributed by atoms with E-state index in [4.69, 9.17) is 4.74 Å². The minimum Gasteiger partial charge on any atom is -0.457 e. The number of amides is 1. The van der Waals surface area contributed by atoms with Crippen LogP contribution < -0.4 is 10.1 Å². The molecule has 0 bridgehead atoms. The highest BCUT2D eigenvalue weighted by molar-refractivity contribution is 5.89. The number of aromatic nitrogens is 1. The molecule has 1 N–H and O–H groups in total. The second kappa shape index (κ2) is 11.7. The molecule has 37 heavy (non-hydrogen) atoms. The van der Waals surface area contributed by atoms with Gasteiger partial charge in [0.1, 0.15) is 11.5 Å². The summed E-state index contributed by atoms with van der Waals surface area (Å²) < 4.78 is 8.52. The average Bonchev–Trinajstić information content (AvgIpc) is 3.32. The summed E-state index contributed by atoms with van der Waals surface area (Å²) in [7, 11) is 0. The maximum atomic E-state index is 13.4. The van der Waals surface area contributed by atoms with E-state index in [9.17, 15) is 4.79 Å². The van der Waals surface area contributed by atoms with Gasteiger partial charge in [0.25, 0.3) is 0 Å². The number of carbonyl (C=O) groups is 1. The van der Waals surface area contributed by atoms with E-state index >= 15 is 0 Å². The highest BCUT2D eigenvalue weighted by Gasteiger charge is 2.25. The Kier molecular flexibility index (Phi) is 7.93. The van der Waals surface area contributed by atoms with Crippen LogP contribution in [-0.2, 0) is 17.8 Å². The first-order chi connectivity index (χ1) is 18.2. The van der Waals surface area contributed by atoms with E-state index in [0.717, 1.165) is 42.9 Å².